The van der Waals surface area contributed by atoms with Crippen molar-refractivity contribution in [1.29, 1.82) is 0 Å². The highest BCUT2D eigenvalue weighted by atomic mass is 16.1. The van der Waals surface area contributed by atoms with Crippen molar-refractivity contribution in [2.45, 2.75) is 90.9 Å². The van der Waals surface area contributed by atoms with Gasteiger partial charge < -0.3 is 5.32 Å². The lowest BCUT2D eigenvalue weighted by molar-refractivity contribution is -0.121. The summed E-state index contributed by atoms with van der Waals surface area (Å²) in [7, 11) is 0. The highest BCUT2D eigenvalue weighted by Gasteiger charge is 2.55. The van der Waals surface area contributed by atoms with Gasteiger partial charge in [0.25, 0.3) is 5.91 Å². The van der Waals surface area contributed by atoms with Gasteiger partial charge in [-0.15, -0.1) is 0 Å². The third-order valence-electron chi connectivity index (χ3n) is 10.4. The number of amides is 1. The molecule has 0 aromatic rings. The zero-order chi connectivity index (χ0) is 20.7. The van der Waals surface area contributed by atoms with Crippen molar-refractivity contribution < 1.29 is 4.79 Å². The van der Waals surface area contributed by atoms with Crippen LogP contribution in [-0.4, -0.2) is 12.5 Å². The number of hydrogen-bond donors (Lipinski definition) is 1. The fourth-order valence-corrected chi connectivity index (χ4v) is 8.84. The molecule has 0 heterocycles. The van der Waals surface area contributed by atoms with E-state index in [4.69, 9.17) is 0 Å². The van der Waals surface area contributed by atoms with Crippen molar-refractivity contribution in [3.8, 4) is 0 Å². The molecule has 0 radical (unpaired) electrons. The van der Waals surface area contributed by atoms with Gasteiger partial charge in [-0.1, -0.05) is 44.9 Å². The van der Waals surface area contributed by atoms with Crippen molar-refractivity contribution in [3.63, 3.8) is 0 Å². The topological polar surface area (TPSA) is 29.1 Å². The van der Waals surface area contributed by atoms with Crippen LogP contribution >= 0.6 is 0 Å². The molecule has 5 rings (SSSR count). The van der Waals surface area contributed by atoms with E-state index in [0.29, 0.717) is 11.3 Å². The van der Waals surface area contributed by atoms with E-state index in [0.717, 1.165) is 60.5 Å². The first kappa shape index (κ1) is 20.8. The van der Waals surface area contributed by atoms with Crippen LogP contribution in [0.25, 0.3) is 0 Å². The lowest BCUT2D eigenvalue weighted by Crippen LogP contribution is -2.54. The van der Waals surface area contributed by atoms with Crippen molar-refractivity contribution in [1.82, 2.24) is 5.32 Å². The number of carbonyl (C=O) groups is 1. The zero-order valence-corrected chi connectivity index (χ0v) is 19.4. The molecule has 30 heavy (non-hydrogen) atoms. The van der Waals surface area contributed by atoms with E-state index >= 15 is 0 Å². The first-order valence-corrected chi connectivity index (χ1v) is 13.2. The van der Waals surface area contributed by atoms with Crippen LogP contribution in [0.5, 0.6) is 0 Å². The van der Waals surface area contributed by atoms with Crippen molar-refractivity contribution in [2.75, 3.05) is 6.54 Å². The molecular formula is C28H43NO. The Hall–Kier alpha value is -1.05. The Balaban J connectivity index is 1.26. The van der Waals surface area contributed by atoms with Crippen LogP contribution < -0.4 is 5.32 Å². The standard InChI is InChI=1S/C28H43NO/c1-19-11-13-23-21(17-19)12-14-25-24(23)15-16-28(2)22(9-6-10-26(25)28)18-29-27(30)20-7-4-3-5-8-20/h4,7-8,19,21-26H,3,5-6,9-18H2,1-2H3,(H,29,30)/t19-,21+,22+,23-,24+,25+,26-,28+/m0/s1. The molecular weight excluding hydrogens is 366 g/mol. The molecule has 2 heteroatoms. The van der Waals surface area contributed by atoms with Gasteiger partial charge in [-0.2, -0.15) is 0 Å². The molecule has 0 saturated heterocycles. The molecule has 2 nitrogen and oxygen atoms in total. The van der Waals surface area contributed by atoms with Crippen LogP contribution in [-0.2, 0) is 4.79 Å². The van der Waals surface area contributed by atoms with E-state index in [1.165, 1.54) is 64.2 Å². The molecule has 0 spiro atoms. The first-order valence-electron chi connectivity index (χ1n) is 13.2. The quantitative estimate of drug-likeness (QED) is 0.554. The minimum absolute atomic E-state index is 0.155. The number of nitrogens with one attached hydrogen (secondary N) is 1. The summed E-state index contributed by atoms with van der Waals surface area (Å²) in [4.78, 5) is 12.7. The minimum atomic E-state index is 0.155. The predicted molar refractivity (Wildman–Crippen MR) is 124 cm³/mol. The maximum atomic E-state index is 12.7. The monoisotopic (exact) mass is 409 g/mol. The third-order valence-corrected chi connectivity index (χ3v) is 10.4. The van der Waals surface area contributed by atoms with Gasteiger partial charge >= 0.3 is 0 Å². The van der Waals surface area contributed by atoms with Crippen molar-refractivity contribution >= 4 is 5.91 Å². The second-order valence-corrected chi connectivity index (χ2v) is 11.9. The normalized spacial score (nSPS) is 45.5. The Morgan fingerprint density at radius 1 is 1.03 bits per heavy atom. The average molecular weight is 410 g/mol. The lowest BCUT2D eigenvalue weighted by atomic mass is 9.45. The Bertz CT molecular complexity index is 707. The van der Waals surface area contributed by atoms with E-state index in [9.17, 15) is 4.79 Å². The highest BCUT2D eigenvalue weighted by Crippen LogP contribution is 2.63. The molecule has 166 valence electrons. The zero-order valence-electron chi connectivity index (χ0n) is 19.4. The summed E-state index contributed by atoms with van der Waals surface area (Å²) < 4.78 is 0. The molecule has 0 aromatic carbocycles. The second kappa shape index (κ2) is 8.47. The summed E-state index contributed by atoms with van der Waals surface area (Å²) in [6.45, 7) is 5.98. The number of rotatable bonds is 3. The van der Waals surface area contributed by atoms with Crippen LogP contribution in [0.15, 0.2) is 23.8 Å². The number of hydrogen-bond acceptors (Lipinski definition) is 1. The fraction of sp³-hybridized carbons (Fsp3) is 0.821. The summed E-state index contributed by atoms with van der Waals surface area (Å²) in [6, 6.07) is 0. The number of allylic oxidation sites excluding steroid dienone is 2. The lowest BCUT2D eigenvalue weighted by Gasteiger charge is -2.60. The molecule has 0 aromatic heterocycles. The Morgan fingerprint density at radius 3 is 2.73 bits per heavy atom. The van der Waals surface area contributed by atoms with Gasteiger partial charge in [0.15, 0.2) is 0 Å². The van der Waals surface area contributed by atoms with E-state index in [-0.39, 0.29) is 5.91 Å². The van der Waals surface area contributed by atoms with Gasteiger partial charge in [-0.3, -0.25) is 4.79 Å². The van der Waals surface area contributed by atoms with Crippen LogP contribution in [0.2, 0.25) is 0 Å². The fourth-order valence-electron chi connectivity index (χ4n) is 8.84. The van der Waals surface area contributed by atoms with E-state index in [1.807, 2.05) is 6.08 Å². The Morgan fingerprint density at radius 2 is 1.90 bits per heavy atom. The van der Waals surface area contributed by atoms with Crippen molar-refractivity contribution in [2.24, 2.45) is 46.8 Å². The molecule has 1 N–H and O–H groups in total. The SMILES string of the molecule is C[C@H]1CC[C@H]2[C@H](CC[C@@H]3[C@@H]2CC[C@]2(C)[C@@H](CNC(=O)C4=CCCC=C4)CCC[C@@H]32)C1. The molecule has 0 bridgehead atoms. The van der Waals surface area contributed by atoms with Gasteiger partial charge in [-0.05, 0) is 111 Å². The van der Waals surface area contributed by atoms with Gasteiger partial charge in [0.05, 0.1) is 0 Å². The minimum Gasteiger partial charge on any atom is -0.352 e. The number of fused-ring (bicyclic) bond motifs is 5. The predicted octanol–water partition coefficient (Wildman–Crippen LogP) is 6.67. The first-order chi connectivity index (χ1) is 14.6. The van der Waals surface area contributed by atoms with E-state index in [2.05, 4.69) is 31.3 Å². The van der Waals surface area contributed by atoms with Gasteiger partial charge in [0.2, 0.25) is 0 Å². The van der Waals surface area contributed by atoms with E-state index < -0.39 is 0 Å². The smallest absolute Gasteiger partial charge is 0.250 e. The molecule has 4 fully saturated rings. The molecule has 1 amide bonds. The van der Waals surface area contributed by atoms with Gasteiger partial charge in [-0.25, -0.2) is 0 Å². The van der Waals surface area contributed by atoms with Crippen LogP contribution in [0.4, 0.5) is 0 Å². The highest BCUT2D eigenvalue weighted by molar-refractivity contribution is 5.96. The summed E-state index contributed by atoms with van der Waals surface area (Å²) in [5.74, 6) is 6.75. The Labute approximate surface area is 184 Å². The van der Waals surface area contributed by atoms with Crippen LogP contribution in [0.3, 0.4) is 0 Å². The second-order valence-electron chi connectivity index (χ2n) is 11.9. The van der Waals surface area contributed by atoms with Crippen molar-refractivity contribution in [3.05, 3.63) is 23.8 Å². The third kappa shape index (κ3) is 3.71. The summed E-state index contributed by atoms with van der Waals surface area (Å²) in [6.07, 6.45) is 22.8. The van der Waals surface area contributed by atoms with Crippen LogP contribution in [0.1, 0.15) is 90.9 Å². The average Bonchev–Trinajstić information content (AvgIpc) is 2.77. The maximum absolute atomic E-state index is 12.7. The molecule has 4 saturated carbocycles. The summed E-state index contributed by atoms with van der Waals surface area (Å²) in [5.41, 5.74) is 1.32. The van der Waals surface area contributed by atoms with Crippen LogP contribution in [0, 0.1) is 46.8 Å². The maximum Gasteiger partial charge on any atom is 0.250 e. The molecule has 0 unspecified atom stereocenters. The Kier molecular flexibility index (Phi) is 5.88. The molecule has 0 aliphatic heterocycles. The van der Waals surface area contributed by atoms with E-state index in [1.54, 1.807) is 0 Å². The largest absolute Gasteiger partial charge is 0.352 e. The molecule has 5 aliphatic carbocycles. The summed E-state index contributed by atoms with van der Waals surface area (Å²) >= 11 is 0. The van der Waals surface area contributed by atoms with Gasteiger partial charge in [0, 0.05) is 12.1 Å². The summed E-state index contributed by atoms with van der Waals surface area (Å²) in [5, 5.41) is 3.34. The van der Waals surface area contributed by atoms with Gasteiger partial charge in [0.1, 0.15) is 0 Å². The molecule has 8 atom stereocenters. The molecule has 5 aliphatic rings. The number of carbonyl (C=O) groups excluding carboxylic acids is 1.